The number of benzene rings is 1. The number of aryl methyl sites for hydroxylation is 3. The van der Waals surface area contributed by atoms with Crippen molar-refractivity contribution in [1.29, 1.82) is 0 Å². The molecule has 128 valence electrons. The summed E-state index contributed by atoms with van der Waals surface area (Å²) in [5.41, 5.74) is 5.00. The third-order valence-corrected chi connectivity index (χ3v) is 3.74. The maximum Gasteiger partial charge on any atom is 0.269 e. The summed E-state index contributed by atoms with van der Waals surface area (Å²) in [6.45, 7) is 4.09. The molecule has 0 spiro atoms. The average molecular weight is 336 g/mol. The van der Waals surface area contributed by atoms with Gasteiger partial charge in [0.15, 0.2) is 0 Å². The van der Waals surface area contributed by atoms with Crippen LogP contribution in [0.15, 0.2) is 36.5 Å². The van der Waals surface area contributed by atoms with Crippen LogP contribution in [0.5, 0.6) is 0 Å². The third-order valence-electron chi connectivity index (χ3n) is 3.74. The molecule has 0 aliphatic carbocycles. The Labute approximate surface area is 146 Å². The van der Waals surface area contributed by atoms with Gasteiger partial charge in [0.1, 0.15) is 11.4 Å². The smallest absolute Gasteiger partial charge is 0.269 e. The zero-order chi connectivity index (χ0) is 18.0. The van der Waals surface area contributed by atoms with Crippen LogP contribution in [0.1, 0.15) is 21.6 Å². The zero-order valence-corrected chi connectivity index (χ0v) is 14.7. The second-order valence-electron chi connectivity index (χ2n) is 5.88. The molecule has 0 radical (unpaired) electrons. The van der Waals surface area contributed by atoms with Gasteiger partial charge in [-0.3, -0.25) is 9.48 Å². The Morgan fingerprint density at radius 3 is 2.48 bits per heavy atom. The summed E-state index contributed by atoms with van der Waals surface area (Å²) < 4.78 is 1.54. The minimum Gasteiger partial charge on any atom is -0.354 e. The molecule has 0 fully saturated rings. The highest BCUT2D eigenvalue weighted by atomic mass is 16.1. The number of rotatable bonds is 4. The first kappa shape index (κ1) is 16.6. The van der Waals surface area contributed by atoms with Gasteiger partial charge >= 0.3 is 0 Å². The Kier molecular flexibility index (Phi) is 4.47. The summed E-state index contributed by atoms with van der Waals surface area (Å²) in [4.78, 5) is 20.6. The molecule has 1 amide bonds. The molecule has 0 aliphatic heterocycles. The molecule has 0 atom stereocenters. The van der Waals surface area contributed by atoms with Crippen molar-refractivity contribution in [2.45, 2.75) is 13.8 Å². The first-order valence-corrected chi connectivity index (χ1v) is 7.91. The quantitative estimate of drug-likeness (QED) is 0.765. The van der Waals surface area contributed by atoms with Crippen LogP contribution in [-0.2, 0) is 7.05 Å². The van der Waals surface area contributed by atoms with Crippen molar-refractivity contribution in [2.75, 3.05) is 12.4 Å². The number of nitrogens with one attached hydrogen (secondary N) is 2. The summed E-state index contributed by atoms with van der Waals surface area (Å²) in [5, 5.41) is 10.2. The Balaban J connectivity index is 1.90. The standard InChI is InChI=1S/C18H20N6O/c1-11-7-12(2)9-13(8-11)21-18-20-6-5-14(22-18)15-10-16(17(25)19-3)24(4)23-15/h5-10H,1-4H3,(H,19,25)(H,20,21,22). The number of hydrogen-bond donors (Lipinski definition) is 2. The average Bonchev–Trinajstić information content (AvgIpc) is 2.95. The van der Waals surface area contributed by atoms with Crippen LogP contribution in [-0.4, -0.2) is 32.7 Å². The lowest BCUT2D eigenvalue weighted by Gasteiger charge is -2.07. The first-order valence-electron chi connectivity index (χ1n) is 7.91. The van der Waals surface area contributed by atoms with E-state index in [-0.39, 0.29) is 5.91 Å². The lowest BCUT2D eigenvalue weighted by molar-refractivity contribution is 0.0954. The molecular weight excluding hydrogens is 316 g/mol. The number of amides is 1. The van der Waals surface area contributed by atoms with Gasteiger partial charge in [0.25, 0.3) is 5.91 Å². The predicted octanol–water partition coefficient (Wildman–Crippen LogP) is 2.60. The fourth-order valence-electron chi connectivity index (χ4n) is 2.67. The number of hydrogen-bond acceptors (Lipinski definition) is 5. The second kappa shape index (κ2) is 6.72. The van der Waals surface area contributed by atoms with E-state index in [4.69, 9.17) is 0 Å². The summed E-state index contributed by atoms with van der Waals surface area (Å²) >= 11 is 0. The van der Waals surface area contributed by atoms with E-state index in [2.05, 4.69) is 31.8 Å². The molecule has 2 heterocycles. The van der Waals surface area contributed by atoms with Crippen molar-refractivity contribution < 1.29 is 4.79 Å². The highest BCUT2D eigenvalue weighted by Crippen LogP contribution is 2.20. The number of carbonyl (C=O) groups excluding carboxylic acids is 1. The van der Waals surface area contributed by atoms with Crippen molar-refractivity contribution in [3.05, 3.63) is 53.3 Å². The summed E-state index contributed by atoms with van der Waals surface area (Å²) in [6.07, 6.45) is 1.67. The SMILES string of the molecule is CNC(=O)c1cc(-c2ccnc(Nc3cc(C)cc(C)c3)n2)nn1C. The van der Waals surface area contributed by atoms with E-state index in [9.17, 15) is 4.79 Å². The van der Waals surface area contributed by atoms with Gasteiger partial charge in [0.05, 0.1) is 5.69 Å². The highest BCUT2D eigenvalue weighted by Gasteiger charge is 2.14. The van der Waals surface area contributed by atoms with Crippen LogP contribution in [0, 0.1) is 13.8 Å². The molecular formula is C18H20N6O. The lowest BCUT2D eigenvalue weighted by Crippen LogP contribution is -2.20. The van der Waals surface area contributed by atoms with E-state index in [0.717, 1.165) is 5.69 Å². The molecule has 0 saturated heterocycles. The van der Waals surface area contributed by atoms with Gasteiger partial charge in [0.2, 0.25) is 5.95 Å². The van der Waals surface area contributed by atoms with Crippen LogP contribution in [0.25, 0.3) is 11.4 Å². The fourth-order valence-corrected chi connectivity index (χ4v) is 2.67. The van der Waals surface area contributed by atoms with E-state index in [0.29, 0.717) is 23.0 Å². The lowest BCUT2D eigenvalue weighted by atomic mass is 10.1. The third kappa shape index (κ3) is 3.65. The summed E-state index contributed by atoms with van der Waals surface area (Å²) in [7, 11) is 3.31. The van der Waals surface area contributed by atoms with Crippen molar-refractivity contribution in [1.82, 2.24) is 25.1 Å². The number of aromatic nitrogens is 4. The Bertz CT molecular complexity index is 911. The molecule has 0 aliphatic rings. The largest absolute Gasteiger partial charge is 0.354 e. The molecule has 3 rings (SSSR count). The number of anilines is 2. The van der Waals surface area contributed by atoms with E-state index in [1.165, 1.54) is 15.8 Å². The van der Waals surface area contributed by atoms with Crippen LogP contribution < -0.4 is 10.6 Å². The summed E-state index contributed by atoms with van der Waals surface area (Å²) in [5.74, 6) is 0.290. The zero-order valence-electron chi connectivity index (χ0n) is 14.7. The van der Waals surface area contributed by atoms with Gasteiger partial charge in [-0.2, -0.15) is 5.10 Å². The Morgan fingerprint density at radius 2 is 1.80 bits per heavy atom. The van der Waals surface area contributed by atoms with Crippen molar-refractivity contribution in [3.8, 4) is 11.4 Å². The van der Waals surface area contributed by atoms with Gasteiger partial charge in [-0.05, 0) is 49.2 Å². The maximum absolute atomic E-state index is 11.8. The van der Waals surface area contributed by atoms with Crippen molar-refractivity contribution in [2.24, 2.45) is 7.05 Å². The fraction of sp³-hybridized carbons (Fsp3) is 0.222. The molecule has 0 unspecified atom stereocenters. The topological polar surface area (TPSA) is 84.7 Å². The normalized spacial score (nSPS) is 10.6. The van der Waals surface area contributed by atoms with Crippen LogP contribution >= 0.6 is 0 Å². The molecule has 0 saturated carbocycles. The molecule has 25 heavy (non-hydrogen) atoms. The van der Waals surface area contributed by atoms with Gasteiger partial charge in [-0.15, -0.1) is 0 Å². The van der Waals surface area contributed by atoms with Crippen molar-refractivity contribution >= 4 is 17.5 Å². The Hall–Kier alpha value is -3.22. The number of carbonyl (C=O) groups is 1. The minimum atomic E-state index is -0.191. The predicted molar refractivity (Wildman–Crippen MR) is 96.8 cm³/mol. The molecule has 7 nitrogen and oxygen atoms in total. The minimum absolute atomic E-state index is 0.191. The van der Waals surface area contributed by atoms with E-state index >= 15 is 0 Å². The first-order chi connectivity index (χ1) is 12.0. The van der Waals surface area contributed by atoms with Gasteiger partial charge < -0.3 is 10.6 Å². The van der Waals surface area contributed by atoms with Crippen LogP contribution in [0.2, 0.25) is 0 Å². The summed E-state index contributed by atoms with van der Waals surface area (Å²) in [6, 6.07) is 9.65. The van der Waals surface area contributed by atoms with Gasteiger partial charge in [0, 0.05) is 26.0 Å². The highest BCUT2D eigenvalue weighted by molar-refractivity contribution is 5.93. The van der Waals surface area contributed by atoms with Gasteiger partial charge in [-0.25, -0.2) is 9.97 Å². The molecule has 2 aromatic heterocycles. The maximum atomic E-state index is 11.8. The van der Waals surface area contributed by atoms with E-state index in [1.807, 2.05) is 26.0 Å². The monoisotopic (exact) mass is 336 g/mol. The molecule has 3 aromatic rings. The van der Waals surface area contributed by atoms with Crippen LogP contribution in [0.4, 0.5) is 11.6 Å². The molecule has 7 heteroatoms. The van der Waals surface area contributed by atoms with E-state index in [1.54, 1.807) is 32.4 Å². The second-order valence-corrected chi connectivity index (χ2v) is 5.88. The van der Waals surface area contributed by atoms with Crippen molar-refractivity contribution in [3.63, 3.8) is 0 Å². The van der Waals surface area contributed by atoms with Crippen LogP contribution in [0.3, 0.4) is 0 Å². The molecule has 1 aromatic carbocycles. The van der Waals surface area contributed by atoms with Gasteiger partial charge in [-0.1, -0.05) is 6.07 Å². The molecule has 2 N–H and O–H groups in total. The molecule has 0 bridgehead atoms. The Morgan fingerprint density at radius 1 is 1.08 bits per heavy atom. The number of nitrogens with zero attached hydrogens (tertiary/aromatic N) is 4. The van der Waals surface area contributed by atoms with E-state index < -0.39 is 0 Å².